The van der Waals surface area contributed by atoms with Crippen molar-refractivity contribution in [3.8, 4) is 0 Å². The summed E-state index contributed by atoms with van der Waals surface area (Å²) in [4.78, 5) is 26.2. The van der Waals surface area contributed by atoms with Crippen LogP contribution in [0.15, 0.2) is 48.7 Å². The fraction of sp³-hybridized carbons (Fsp3) is 0.167. The molecule has 2 N–H and O–H groups in total. The van der Waals surface area contributed by atoms with Crippen LogP contribution in [0.1, 0.15) is 23.7 Å². The number of rotatable bonds is 4. The van der Waals surface area contributed by atoms with Crippen LogP contribution < -0.4 is 10.2 Å². The molecule has 2 aromatic carbocycles. The Morgan fingerprint density at radius 2 is 1.96 bits per heavy atom. The van der Waals surface area contributed by atoms with Crippen molar-refractivity contribution in [2.24, 2.45) is 0 Å². The molecule has 0 aliphatic carbocycles. The number of H-pyrrole nitrogens is 1. The lowest BCUT2D eigenvalue weighted by molar-refractivity contribution is -0.118. The number of carbonyl (C=O) groups excluding carboxylic acids is 2. The van der Waals surface area contributed by atoms with Crippen molar-refractivity contribution in [1.82, 2.24) is 10.2 Å². The summed E-state index contributed by atoms with van der Waals surface area (Å²) in [5.74, 6) is -0.325. The number of aromatic amines is 1. The number of nitrogens with one attached hydrogen (secondary N) is 2. The van der Waals surface area contributed by atoms with Crippen LogP contribution in [-0.2, 0) is 4.79 Å². The smallest absolute Gasteiger partial charge is 0.257 e. The molecule has 3 rings (SSSR count). The largest absolute Gasteiger partial charge is 0.320 e. The highest BCUT2D eigenvalue weighted by molar-refractivity contribution is 6.12. The quantitative estimate of drug-likeness (QED) is 0.774. The first-order valence-electron chi connectivity index (χ1n) is 7.71. The van der Waals surface area contributed by atoms with Crippen molar-refractivity contribution in [2.45, 2.75) is 13.3 Å². The van der Waals surface area contributed by atoms with Crippen LogP contribution in [0.2, 0.25) is 0 Å². The average molecular weight is 322 g/mol. The van der Waals surface area contributed by atoms with E-state index in [-0.39, 0.29) is 11.8 Å². The first kappa shape index (κ1) is 15.7. The molecule has 0 atom stereocenters. The van der Waals surface area contributed by atoms with E-state index in [2.05, 4.69) is 15.5 Å². The summed E-state index contributed by atoms with van der Waals surface area (Å²) in [6.07, 6.45) is 2.08. The molecule has 3 aromatic rings. The Kier molecular flexibility index (Phi) is 4.29. The molecule has 0 fully saturated rings. The van der Waals surface area contributed by atoms with Gasteiger partial charge in [0.15, 0.2) is 0 Å². The van der Waals surface area contributed by atoms with Crippen molar-refractivity contribution >= 4 is 34.1 Å². The Morgan fingerprint density at radius 1 is 1.17 bits per heavy atom. The molecule has 0 bridgehead atoms. The van der Waals surface area contributed by atoms with Crippen molar-refractivity contribution in [1.29, 1.82) is 0 Å². The lowest BCUT2D eigenvalue weighted by Gasteiger charge is -2.20. The second-order valence-electron chi connectivity index (χ2n) is 5.42. The first-order valence-corrected chi connectivity index (χ1v) is 7.71. The second kappa shape index (κ2) is 6.54. The molecule has 24 heavy (non-hydrogen) atoms. The Balaban J connectivity index is 1.93. The number of benzene rings is 2. The van der Waals surface area contributed by atoms with Gasteiger partial charge in [0.25, 0.3) is 5.91 Å². The highest BCUT2D eigenvalue weighted by Crippen LogP contribution is 2.24. The maximum atomic E-state index is 12.7. The van der Waals surface area contributed by atoms with Crippen LogP contribution in [0, 0.1) is 0 Å². The van der Waals surface area contributed by atoms with Crippen LogP contribution >= 0.6 is 0 Å². The van der Waals surface area contributed by atoms with E-state index in [1.54, 1.807) is 44.4 Å². The Labute approximate surface area is 139 Å². The van der Waals surface area contributed by atoms with E-state index in [9.17, 15) is 9.59 Å². The molecule has 0 saturated carbocycles. The zero-order valence-corrected chi connectivity index (χ0v) is 13.5. The van der Waals surface area contributed by atoms with Crippen molar-refractivity contribution < 1.29 is 9.59 Å². The second-order valence-corrected chi connectivity index (χ2v) is 5.42. The number of para-hydroxylation sites is 2. The standard InChI is InChI=1S/C18H18N4O2/c1-3-16(23)22(2)15-10-5-4-8-13(15)18(24)20-14-9-6-7-12-11-19-21-17(12)14/h4-11H,3H2,1-2H3,(H,19,21)(H,20,24). The predicted octanol–water partition coefficient (Wildman–Crippen LogP) is 3.19. The van der Waals surface area contributed by atoms with Crippen LogP contribution in [0.4, 0.5) is 11.4 Å². The Hall–Kier alpha value is -3.15. The van der Waals surface area contributed by atoms with Gasteiger partial charge >= 0.3 is 0 Å². The number of carbonyl (C=O) groups is 2. The minimum atomic E-state index is -0.275. The van der Waals surface area contributed by atoms with Crippen LogP contribution in [0.25, 0.3) is 10.9 Å². The summed E-state index contributed by atoms with van der Waals surface area (Å²) in [5, 5.41) is 10.7. The third-order valence-corrected chi connectivity index (χ3v) is 3.91. The van der Waals surface area contributed by atoms with Crippen LogP contribution in [0.3, 0.4) is 0 Å². The van der Waals surface area contributed by atoms with Gasteiger partial charge in [0.2, 0.25) is 5.91 Å². The normalized spacial score (nSPS) is 10.6. The number of hydrogen-bond donors (Lipinski definition) is 2. The van der Waals surface area contributed by atoms with E-state index in [1.807, 2.05) is 18.2 Å². The summed E-state index contributed by atoms with van der Waals surface area (Å²) in [7, 11) is 1.67. The van der Waals surface area contributed by atoms with Gasteiger partial charge in [-0.15, -0.1) is 0 Å². The lowest BCUT2D eigenvalue weighted by Crippen LogP contribution is -2.28. The summed E-state index contributed by atoms with van der Waals surface area (Å²) >= 11 is 0. The summed E-state index contributed by atoms with van der Waals surface area (Å²) in [6.45, 7) is 1.79. The van der Waals surface area contributed by atoms with Crippen LogP contribution in [-0.4, -0.2) is 29.1 Å². The van der Waals surface area contributed by atoms with Gasteiger partial charge in [-0.25, -0.2) is 0 Å². The van der Waals surface area contributed by atoms with Crippen molar-refractivity contribution in [2.75, 3.05) is 17.3 Å². The summed E-state index contributed by atoms with van der Waals surface area (Å²) in [6, 6.07) is 12.6. The van der Waals surface area contributed by atoms with Crippen molar-refractivity contribution in [3.05, 3.63) is 54.2 Å². The molecule has 0 spiro atoms. The molecule has 6 heteroatoms. The van der Waals surface area contributed by atoms with E-state index >= 15 is 0 Å². The molecule has 0 aliphatic heterocycles. The van der Waals surface area contributed by atoms with Gasteiger partial charge in [-0.1, -0.05) is 31.2 Å². The number of hydrogen-bond acceptors (Lipinski definition) is 3. The van der Waals surface area contributed by atoms with E-state index < -0.39 is 0 Å². The van der Waals surface area contributed by atoms with E-state index in [4.69, 9.17) is 0 Å². The lowest BCUT2D eigenvalue weighted by atomic mass is 10.1. The number of anilines is 2. The Bertz CT molecular complexity index is 901. The molecule has 1 heterocycles. The topological polar surface area (TPSA) is 78.1 Å². The summed E-state index contributed by atoms with van der Waals surface area (Å²) in [5.41, 5.74) is 2.44. The molecular weight excluding hydrogens is 304 g/mol. The molecule has 1 aromatic heterocycles. The maximum Gasteiger partial charge on any atom is 0.257 e. The molecular formula is C18H18N4O2. The molecule has 122 valence electrons. The van der Waals surface area contributed by atoms with Gasteiger partial charge in [0.05, 0.1) is 28.7 Å². The molecule has 0 unspecified atom stereocenters. The highest BCUT2D eigenvalue weighted by atomic mass is 16.2. The molecule has 6 nitrogen and oxygen atoms in total. The molecule has 0 aliphatic rings. The van der Waals surface area contributed by atoms with Crippen LogP contribution in [0.5, 0.6) is 0 Å². The van der Waals surface area contributed by atoms with Gasteiger partial charge in [-0.2, -0.15) is 5.10 Å². The number of nitrogens with zero attached hydrogens (tertiary/aromatic N) is 2. The SMILES string of the molecule is CCC(=O)N(C)c1ccccc1C(=O)Nc1cccc2cn[nH]c12. The summed E-state index contributed by atoms with van der Waals surface area (Å²) < 4.78 is 0. The fourth-order valence-electron chi connectivity index (χ4n) is 2.59. The van der Waals surface area contributed by atoms with E-state index in [0.717, 1.165) is 10.9 Å². The zero-order valence-electron chi connectivity index (χ0n) is 13.5. The highest BCUT2D eigenvalue weighted by Gasteiger charge is 2.18. The van der Waals surface area contributed by atoms with Gasteiger partial charge in [-0.05, 0) is 18.2 Å². The average Bonchev–Trinajstić information content (AvgIpc) is 3.10. The van der Waals surface area contributed by atoms with Gasteiger partial charge in [0, 0.05) is 18.9 Å². The number of aromatic nitrogens is 2. The molecule has 0 radical (unpaired) electrons. The van der Waals surface area contributed by atoms with Gasteiger partial charge < -0.3 is 10.2 Å². The van der Waals surface area contributed by atoms with E-state index in [0.29, 0.717) is 23.4 Å². The maximum absolute atomic E-state index is 12.7. The zero-order chi connectivity index (χ0) is 17.1. The van der Waals surface area contributed by atoms with Crippen molar-refractivity contribution in [3.63, 3.8) is 0 Å². The molecule has 2 amide bonds. The number of amides is 2. The minimum absolute atomic E-state index is 0.0501. The monoisotopic (exact) mass is 322 g/mol. The first-order chi connectivity index (χ1) is 11.6. The van der Waals surface area contributed by atoms with Gasteiger partial charge in [-0.3, -0.25) is 14.7 Å². The third-order valence-electron chi connectivity index (χ3n) is 3.91. The molecule has 0 saturated heterocycles. The Morgan fingerprint density at radius 3 is 2.75 bits per heavy atom. The minimum Gasteiger partial charge on any atom is -0.320 e. The third kappa shape index (κ3) is 2.86. The predicted molar refractivity (Wildman–Crippen MR) is 94.2 cm³/mol. The number of fused-ring (bicyclic) bond motifs is 1. The fourth-order valence-corrected chi connectivity index (χ4v) is 2.59. The van der Waals surface area contributed by atoms with E-state index in [1.165, 1.54) is 4.90 Å². The van der Waals surface area contributed by atoms with Gasteiger partial charge in [0.1, 0.15) is 0 Å².